The lowest BCUT2D eigenvalue weighted by Crippen LogP contribution is -2.40. The maximum Gasteiger partial charge on any atom is 0.269 e. The molecule has 104 valence electrons. The highest BCUT2D eigenvalue weighted by Gasteiger charge is 2.28. The number of hydrogen-bond acceptors (Lipinski definition) is 5. The van der Waals surface area contributed by atoms with Crippen molar-refractivity contribution >= 4 is 15.7 Å². The minimum Gasteiger partial charge on any atom is -0.379 e. The average Bonchev–Trinajstić information content (AvgIpc) is 2.39. The lowest BCUT2D eigenvalue weighted by Gasteiger charge is -2.26. The van der Waals surface area contributed by atoms with Crippen LogP contribution in [0.5, 0.6) is 0 Å². The lowest BCUT2D eigenvalue weighted by atomic mass is 10.2. The molecule has 1 aromatic rings. The van der Waals surface area contributed by atoms with Crippen LogP contribution in [0.15, 0.2) is 23.1 Å². The molecule has 0 amide bonds. The van der Waals surface area contributed by atoms with E-state index in [9.17, 15) is 18.5 Å². The smallest absolute Gasteiger partial charge is 0.269 e. The van der Waals surface area contributed by atoms with Crippen molar-refractivity contribution in [2.45, 2.75) is 11.8 Å². The summed E-state index contributed by atoms with van der Waals surface area (Å²) in [5.74, 6) is 0. The van der Waals surface area contributed by atoms with E-state index < -0.39 is 14.9 Å². The van der Waals surface area contributed by atoms with Gasteiger partial charge in [-0.2, -0.15) is 4.31 Å². The molecule has 1 fully saturated rings. The van der Waals surface area contributed by atoms with Gasteiger partial charge in [0.25, 0.3) is 5.69 Å². The third kappa shape index (κ3) is 2.75. The van der Waals surface area contributed by atoms with Crippen LogP contribution in [0.25, 0.3) is 0 Å². The molecule has 1 heterocycles. The zero-order chi connectivity index (χ0) is 14.0. The van der Waals surface area contributed by atoms with E-state index in [4.69, 9.17) is 4.74 Å². The summed E-state index contributed by atoms with van der Waals surface area (Å²) in [5, 5.41) is 10.6. The van der Waals surface area contributed by atoms with Crippen LogP contribution >= 0.6 is 0 Å². The van der Waals surface area contributed by atoms with Crippen molar-refractivity contribution < 1.29 is 18.1 Å². The Morgan fingerprint density at radius 1 is 1.32 bits per heavy atom. The van der Waals surface area contributed by atoms with Gasteiger partial charge in [0, 0.05) is 25.2 Å². The zero-order valence-electron chi connectivity index (χ0n) is 10.4. The second-order valence-electron chi connectivity index (χ2n) is 4.22. The van der Waals surface area contributed by atoms with E-state index in [1.165, 1.54) is 22.5 Å². The molecule has 1 aliphatic heterocycles. The van der Waals surface area contributed by atoms with Gasteiger partial charge in [-0.3, -0.25) is 10.1 Å². The molecule has 0 radical (unpaired) electrons. The predicted molar refractivity (Wildman–Crippen MR) is 67.4 cm³/mol. The highest BCUT2D eigenvalue weighted by Crippen LogP contribution is 2.24. The summed E-state index contributed by atoms with van der Waals surface area (Å²) < 4.78 is 31.2. The second-order valence-corrected chi connectivity index (χ2v) is 6.13. The molecule has 0 aromatic heterocycles. The van der Waals surface area contributed by atoms with Crippen molar-refractivity contribution in [1.29, 1.82) is 0 Å². The number of aryl methyl sites for hydroxylation is 1. The molecular weight excluding hydrogens is 272 g/mol. The summed E-state index contributed by atoms with van der Waals surface area (Å²) in [6.45, 7) is 2.90. The van der Waals surface area contributed by atoms with Crippen LogP contribution in [-0.2, 0) is 14.8 Å². The Bertz CT molecular complexity index is 593. The Morgan fingerprint density at radius 3 is 2.47 bits per heavy atom. The van der Waals surface area contributed by atoms with Crippen LogP contribution < -0.4 is 0 Å². The number of non-ortho nitro benzene ring substituents is 1. The van der Waals surface area contributed by atoms with Gasteiger partial charge in [0.15, 0.2) is 0 Å². The van der Waals surface area contributed by atoms with Crippen molar-refractivity contribution in [3.05, 3.63) is 33.9 Å². The fourth-order valence-electron chi connectivity index (χ4n) is 1.96. The van der Waals surface area contributed by atoms with Gasteiger partial charge >= 0.3 is 0 Å². The highest BCUT2D eigenvalue weighted by atomic mass is 32.2. The number of sulfonamides is 1. The third-order valence-corrected chi connectivity index (χ3v) is 5.02. The molecule has 19 heavy (non-hydrogen) atoms. The first-order chi connectivity index (χ1) is 8.93. The molecule has 1 aromatic carbocycles. The van der Waals surface area contributed by atoms with Crippen LogP contribution in [0.3, 0.4) is 0 Å². The first kappa shape index (κ1) is 13.9. The molecule has 7 nitrogen and oxygen atoms in total. The number of nitro groups is 1. The molecule has 0 bridgehead atoms. The Balaban J connectivity index is 2.37. The third-order valence-electron chi connectivity index (χ3n) is 2.96. The lowest BCUT2D eigenvalue weighted by molar-refractivity contribution is -0.385. The number of ether oxygens (including phenoxy) is 1. The van der Waals surface area contributed by atoms with Gasteiger partial charge in [0.2, 0.25) is 10.0 Å². The van der Waals surface area contributed by atoms with Crippen molar-refractivity contribution in [3.63, 3.8) is 0 Å². The average molecular weight is 286 g/mol. The highest BCUT2D eigenvalue weighted by molar-refractivity contribution is 7.89. The fourth-order valence-corrected chi connectivity index (χ4v) is 3.58. The number of nitrogens with zero attached hydrogens (tertiary/aromatic N) is 2. The van der Waals surface area contributed by atoms with Gasteiger partial charge in [0.1, 0.15) is 0 Å². The molecular formula is C11H14N2O5S. The summed E-state index contributed by atoms with van der Waals surface area (Å²) in [4.78, 5) is 10.2. The topological polar surface area (TPSA) is 89.8 Å². The molecule has 0 aliphatic carbocycles. The van der Waals surface area contributed by atoms with E-state index in [2.05, 4.69) is 0 Å². The minimum absolute atomic E-state index is 0.111. The maximum absolute atomic E-state index is 12.4. The number of nitro benzene ring substituents is 1. The summed E-state index contributed by atoms with van der Waals surface area (Å²) >= 11 is 0. The van der Waals surface area contributed by atoms with Crippen LogP contribution in [0, 0.1) is 17.0 Å². The van der Waals surface area contributed by atoms with Gasteiger partial charge in [-0.1, -0.05) is 0 Å². The van der Waals surface area contributed by atoms with Crippen molar-refractivity contribution in [3.8, 4) is 0 Å². The minimum atomic E-state index is -3.60. The summed E-state index contributed by atoms with van der Waals surface area (Å²) in [5.41, 5.74) is 0.263. The monoisotopic (exact) mass is 286 g/mol. The van der Waals surface area contributed by atoms with E-state index in [0.29, 0.717) is 31.9 Å². The normalized spacial score (nSPS) is 17.3. The SMILES string of the molecule is Cc1cc([N+](=O)[O-])ccc1S(=O)(=O)N1CCOCC1. The number of rotatable bonds is 3. The van der Waals surface area contributed by atoms with Crippen molar-refractivity contribution in [2.24, 2.45) is 0 Å². The van der Waals surface area contributed by atoms with Crippen molar-refractivity contribution in [2.75, 3.05) is 26.3 Å². The Labute approximate surface area is 111 Å². The van der Waals surface area contributed by atoms with Crippen LogP contribution in [0.2, 0.25) is 0 Å². The molecule has 0 unspecified atom stereocenters. The van der Waals surface area contributed by atoms with Gasteiger partial charge in [0.05, 0.1) is 23.0 Å². The molecule has 0 spiro atoms. The van der Waals surface area contributed by atoms with E-state index in [-0.39, 0.29) is 10.6 Å². The van der Waals surface area contributed by atoms with E-state index in [0.717, 1.165) is 0 Å². The molecule has 8 heteroatoms. The molecule has 0 atom stereocenters. The van der Waals surface area contributed by atoms with E-state index >= 15 is 0 Å². The van der Waals surface area contributed by atoms with E-state index in [1.807, 2.05) is 0 Å². The zero-order valence-corrected chi connectivity index (χ0v) is 11.2. The number of hydrogen-bond donors (Lipinski definition) is 0. The van der Waals surface area contributed by atoms with Crippen LogP contribution in [0.4, 0.5) is 5.69 Å². The molecule has 0 saturated carbocycles. The van der Waals surface area contributed by atoms with Crippen LogP contribution in [-0.4, -0.2) is 43.9 Å². The van der Waals surface area contributed by atoms with Gasteiger partial charge in [-0.25, -0.2) is 8.42 Å². The predicted octanol–water partition coefficient (Wildman–Crippen LogP) is 0.924. The summed E-state index contributed by atoms with van der Waals surface area (Å²) in [7, 11) is -3.60. The molecule has 2 rings (SSSR count). The van der Waals surface area contributed by atoms with Gasteiger partial charge < -0.3 is 4.74 Å². The molecule has 1 saturated heterocycles. The molecule has 0 N–H and O–H groups in total. The van der Waals surface area contributed by atoms with Crippen molar-refractivity contribution in [1.82, 2.24) is 4.31 Å². The fraction of sp³-hybridized carbons (Fsp3) is 0.455. The van der Waals surface area contributed by atoms with Gasteiger partial charge in [-0.15, -0.1) is 0 Å². The maximum atomic E-state index is 12.4. The number of morpholine rings is 1. The quantitative estimate of drug-likeness (QED) is 0.609. The summed E-state index contributed by atoms with van der Waals surface area (Å²) in [6, 6.07) is 3.77. The number of benzene rings is 1. The largest absolute Gasteiger partial charge is 0.379 e. The Kier molecular flexibility index (Phi) is 3.83. The first-order valence-electron chi connectivity index (χ1n) is 5.76. The Hall–Kier alpha value is -1.51. The molecule has 1 aliphatic rings. The van der Waals surface area contributed by atoms with Crippen LogP contribution in [0.1, 0.15) is 5.56 Å². The van der Waals surface area contributed by atoms with Gasteiger partial charge in [-0.05, 0) is 18.6 Å². The first-order valence-corrected chi connectivity index (χ1v) is 7.20. The second kappa shape index (κ2) is 5.24. The Morgan fingerprint density at radius 2 is 1.95 bits per heavy atom. The summed E-state index contributed by atoms with van der Waals surface area (Å²) in [6.07, 6.45) is 0. The van der Waals surface area contributed by atoms with E-state index in [1.54, 1.807) is 6.92 Å². The standard InChI is InChI=1S/C11H14N2O5S/c1-9-8-10(13(14)15)2-3-11(9)19(16,17)12-4-6-18-7-5-12/h2-3,8H,4-7H2,1H3.